The zero-order valence-corrected chi connectivity index (χ0v) is 15.2. The number of amides is 2. The number of carbonyl (C=O) groups excluding carboxylic acids is 2. The van der Waals surface area contributed by atoms with Crippen molar-refractivity contribution in [2.75, 3.05) is 44.7 Å². The second-order valence-corrected chi connectivity index (χ2v) is 6.39. The molecule has 0 radical (unpaired) electrons. The molecule has 0 bridgehead atoms. The quantitative estimate of drug-likeness (QED) is 0.770. The van der Waals surface area contributed by atoms with Crippen molar-refractivity contribution in [1.82, 2.24) is 10.2 Å². The van der Waals surface area contributed by atoms with E-state index >= 15 is 0 Å². The zero-order valence-electron chi connectivity index (χ0n) is 15.2. The maximum atomic E-state index is 12.3. The molecular formula is C19H29N3O3. The SMILES string of the molecule is CCOC(=O)N1CCCC(C(=O)NCCCN(C)c2ccccc2)C1. The summed E-state index contributed by atoms with van der Waals surface area (Å²) in [6.07, 6.45) is 2.23. The van der Waals surface area contributed by atoms with Gasteiger partial charge in [-0.25, -0.2) is 4.79 Å². The fraction of sp³-hybridized carbons (Fsp3) is 0.579. The second kappa shape index (κ2) is 9.91. The standard InChI is InChI=1S/C19H29N3O3/c1-3-25-19(24)22-14-7-9-16(15-22)18(23)20-12-8-13-21(2)17-10-5-4-6-11-17/h4-6,10-11,16H,3,7-9,12-15H2,1-2H3,(H,20,23). The normalized spacial score (nSPS) is 17.0. The summed E-state index contributed by atoms with van der Waals surface area (Å²) in [5.74, 6) is -0.0960. The highest BCUT2D eigenvalue weighted by molar-refractivity contribution is 5.80. The molecule has 1 atom stereocenters. The molecule has 1 unspecified atom stereocenters. The van der Waals surface area contributed by atoms with E-state index in [4.69, 9.17) is 4.74 Å². The summed E-state index contributed by atoms with van der Waals surface area (Å²) in [6, 6.07) is 10.2. The predicted octanol–water partition coefficient (Wildman–Crippen LogP) is 2.50. The average molecular weight is 347 g/mol. The molecule has 0 spiro atoms. The van der Waals surface area contributed by atoms with E-state index in [1.165, 1.54) is 5.69 Å². The first-order valence-corrected chi connectivity index (χ1v) is 9.07. The third-order valence-electron chi connectivity index (χ3n) is 4.48. The van der Waals surface area contributed by atoms with Gasteiger partial charge in [-0.05, 0) is 38.3 Å². The van der Waals surface area contributed by atoms with Crippen molar-refractivity contribution in [3.05, 3.63) is 30.3 Å². The molecule has 1 aliphatic rings. The minimum Gasteiger partial charge on any atom is -0.450 e. The largest absolute Gasteiger partial charge is 0.450 e. The highest BCUT2D eigenvalue weighted by Crippen LogP contribution is 2.17. The Labute approximate surface area is 150 Å². The van der Waals surface area contributed by atoms with E-state index in [0.29, 0.717) is 26.2 Å². The Hall–Kier alpha value is -2.24. The van der Waals surface area contributed by atoms with Crippen LogP contribution in [0.4, 0.5) is 10.5 Å². The minimum atomic E-state index is -0.315. The van der Waals surface area contributed by atoms with Crippen LogP contribution in [-0.2, 0) is 9.53 Å². The highest BCUT2D eigenvalue weighted by atomic mass is 16.6. The summed E-state index contributed by atoms with van der Waals surface area (Å²) in [5.41, 5.74) is 1.17. The summed E-state index contributed by atoms with van der Waals surface area (Å²) in [6.45, 7) is 4.80. The monoisotopic (exact) mass is 347 g/mol. The topological polar surface area (TPSA) is 61.9 Å². The number of rotatable bonds is 7. The van der Waals surface area contributed by atoms with Gasteiger partial charge in [-0.3, -0.25) is 4.79 Å². The highest BCUT2D eigenvalue weighted by Gasteiger charge is 2.28. The first-order valence-electron chi connectivity index (χ1n) is 9.07. The maximum Gasteiger partial charge on any atom is 0.409 e. The molecule has 1 aliphatic heterocycles. The molecule has 1 saturated heterocycles. The minimum absolute atomic E-state index is 0.0383. The molecule has 1 N–H and O–H groups in total. The number of piperidine rings is 1. The van der Waals surface area contributed by atoms with Gasteiger partial charge in [0.15, 0.2) is 0 Å². The van der Waals surface area contributed by atoms with Gasteiger partial charge in [0.1, 0.15) is 0 Å². The second-order valence-electron chi connectivity index (χ2n) is 6.39. The van der Waals surface area contributed by atoms with Crippen molar-refractivity contribution in [3.8, 4) is 0 Å². The fourth-order valence-electron chi connectivity index (χ4n) is 3.06. The maximum absolute atomic E-state index is 12.3. The molecule has 2 rings (SSSR count). The Kier molecular flexibility index (Phi) is 7.57. The number of anilines is 1. The molecule has 0 aromatic heterocycles. The number of nitrogens with one attached hydrogen (secondary N) is 1. The zero-order chi connectivity index (χ0) is 18.1. The van der Waals surface area contributed by atoms with E-state index in [2.05, 4.69) is 29.4 Å². The van der Waals surface area contributed by atoms with E-state index in [0.717, 1.165) is 25.8 Å². The van der Waals surface area contributed by atoms with Crippen molar-refractivity contribution in [2.45, 2.75) is 26.2 Å². The number of hydrogen-bond acceptors (Lipinski definition) is 4. The lowest BCUT2D eigenvalue weighted by molar-refractivity contribution is -0.126. The van der Waals surface area contributed by atoms with E-state index in [1.54, 1.807) is 11.8 Å². The molecule has 2 amide bonds. The van der Waals surface area contributed by atoms with Gasteiger partial charge in [-0.2, -0.15) is 0 Å². The lowest BCUT2D eigenvalue weighted by Gasteiger charge is -2.31. The number of para-hydroxylation sites is 1. The first kappa shape index (κ1) is 19.1. The van der Waals surface area contributed by atoms with Crippen molar-refractivity contribution in [1.29, 1.82) is 0 Å². The number of likely N-dealkylation sites (tertiary alicyclic amines) is 1. The lowest BCUT2D eigenvalue weighted by atomic mass is 9.97. The van der Waals surface area contributed by atoms with Crippen LogP contribution < -0.4 is 10.2 Å². The molecule has 25 heavy (non-hydrogen) atoms. The third kappa shape index (κ3) is 5.96. The van der Waals surface area contributed by atoms with E-state index < -0.39 is 0 Å². The van der Waals surface area contributed by atoms with Crippen LogP contribution in [0.25, 0.3) is 0 Å². The first-order chi connectivity index (χ1) is 12.1. The third-order valence-corrected chi connectivity index (χ3v) is 4.48. The van der Waals surface area contributed by atoms with Crippen molar-refractivity contribution in [3.63, 3.8) is 0 Å². The number of benzene rings is 1. The van der Waals surface area contributed by atoms with Gasteiger partial charge in [0, 0.05) is 38.9 Å². The van der Waals surface area contributed by atoms with Gasteiger partial charge in [0.25, 0.3) is 0 Å². The molecule has 0 aliphatic carbocycles. The van der Waals surface area contributed by atoms with Crippen molar-refractivity contribution < 1.29 is 14.3 Å². The van der Waals surface area contributed by atoms with Crippen LogP contribution in [0.3, 0.4) is 0 Å². The summed E-state index contributed by atoms with van der Waals surface area (Å²) in [4.78, 5) is 28.0. The van der Waals surface area contributed by atoms with Gasteiger partial charge >= 0.3 is 6.09 Å². The van der Waals surface area contributed by atoms with Crippen LogP contribution >= 0.6 is 0 Å². The number of carbonyl (C=O) groups is 2. The van der Waals surface area contributed by atoms with Gasteiger partial charge in [-0.1, -0.05) is 18.2 Å². The molecule has 1 aromatic rings. The number of nitrogens with zero attached hydrogens (tertiary/aromatic N) is 2. The fourth-order valence-corrected chi connectivity index (χ4v) is 3.06. The predicted molar refractivity (Wildman–Crippen MR) is 98.7 cm³/mol. The summed E-state index contributed by atoms with van der Waals surface area (Å²) >= 11 is 0. The van der Waals surface area contributed by atoms with Gasteiger partial charge in [0.05, 0.1) is 12.5 Å². The summed E-state index contributed by atoms with van der Waals surface area (Å²) in [7, 11) is 2.05. The van der Waals surface area contributed by atoms with Crippen LogP contribution in [0.2, 0.25) is 0 Å². The molecule has 1 fully saturated rings. The molecule has 1 aromatic carbocycles. The van der Waals surface area contributed by atoms with Crippen LogP contribution in [0.15, 0.2) is 30.3 Å². The summed E-state index contributed by atoms with van der Waals surface area (Å²) in [5, 5.41) is 3.01. The molecular weight excluding hydrogens is 318 g/mol. The van der Waals surface area contributed by atoms with E-state index in [9.17, 15) is 9.59 Å². The lowest BCUT2D eigenvalue weighted by Crippen LogP contribution is -2.46. The Morgan fingerprint density at radius 3 is 2.80 bits per heavy atom. The Morgan fingerprint density at radius 1 is 1.32 bits per heavy atom. The van der Waals surface area contributed by atoms with Crippen molar-refractivity contribution in [2.24, 2.45) is 5.92 Å². The Morgan fingerprint density at radius 2 is 2.08 bits per heavy atom. The Balaban J connectivity index is 1.68. The van der Waals surface area contributed by atoms with Gasteiger partial charge < -0.3 is 19.9 Å². The van der Waals surface area contributed by atoms with Gasteiger partial charge in [0.2, 0.25) is 5.91 Å². The van der Waals surface area contributed by atoms with Gasteiger partial charge in [-0.15, -0.1) is 0 Å². The van der Waals surface area contributed by atoms with Crippen LogP contribution in [0.1, 0.15) is 26.2 Å². The van der Waals surface area contributed by atoms with Crippen LogP contribution in [0.5, 0.6) is 0 Å². The van der Waals surface area contributed by atoms with E-state index in [-0.39, 0.29) is 17.9 Å². The molecule has 138 valence electrons. The molecule has 6 heteroatoms. The van der Waals surface area contributed by atoms with E-state index in [1.807, 2.05) is 18.2 Å². The average Bonchev–Trinajstić information content (AvgIpc) is 2.66. The number of hydrogen-bond donors (Lipinski definition) is 1. The molecule has 1 heterocycles. The van der Waals surface area contributed by atoms with Crippen LogP contribution in [0, 0.1) is 5.92 Å². The summed E-state index contributed by atoms with van der Waals surface area (Å²) < 4.78 is 5.03. The Bertz CT molecular complexity index is 550. The van der Waals surface area contributed by atoms with Crippen molar-refractivity contribution >= 4 is 17.7 Å². The molecule has 6 nitrogen and oxygen atoms in total. The molecule has 0 saturated carbocycles. The number of ether oxygens (including phenoxy) is 1. The van der Waals surface area contributed by atoms with Crippen LogP contribution in [-0.4, -0.2) is 56.7 Å². The smallest absolute Gasteiger partial charge is 0.409 e.